The predicted molar refractivity (Wildman–Crippen MR) is 65.8 cm³/mol. The van der Waals surface area contributed by atoms with Crippen molar-refractivity contribution in [3.05, 3.63) is 0 Å². The molecule has 1 unspecified atom stereocenters. The maximum Gasteiger partial charge on any atom is 0.0616 e. The fraction of sp³-hybridized carbons (Fsp3) is 1.00. The van der Waals surface area contributed by atoms with Crippen LogP contribution in [0, 0.1) is 17.3 Å². The van der Waals surface area contributed by atoms with Crippen LogP contribution < -0.4 is 0 Å². The minimum atomic E-state index is -0.111. The molecule has 1 heteroatoms. The summed E-state index contributed by atoms with van der Waals surface area (Å²) in [5.41, 5.74) is 0.0578. The molecule has 0 bridgehead atoms. The third kappa shape index (κ3) is 3.79. The molecule has 0 heterocycles. The molecular weight excluding hydrogens is 184 g/mol. The van der Waals surface area contributed by atoms with Crippen molar-refractivity contribution in [3.63, 3.8) is 0 Å². The maximum atomic E-state index is 10.2. The Bertz CT molecular complexity index is 172. The Kier molecular flexibility index (Phi) is 4.64. The Labute approximate surface area is 95.3 Å². The van der Waals surface area contributed by atoms with E-state index in [0.29, 0.717) is 5.92 Å². The molecule has 0 radical (unpaired) electrons. The number of aliphatic hydroxyl groups is 1. The minimum absolute atomic E-state index is 0.0578. The first-order chi connectivity index (χ1) is 6.95. The zero-order valence-electron chi connectivity index (χ0n) is 10.9. The summed E-state index contributed by atoms with van der Waals surface area (Å²) < 4.78 is 0. The molecular formula is C14H28O. The van der Waals surface area contributed by atoms with Gasteiger partial charge < -0.3 is 5.11 Å². The standard InChI is InChI=1S/C14H28O/c1-5-6-11-7-9-12(10-8-11)13(15)14(2,3)4/h11-13,15H,5-10H2,1-4H3. The van der Waals surface area contributed by atoms with Gasteiger partial charge in [-0.15, -0.1) is 0 Å². The van der Waals surface area contributed by atoms with Crippen LogP contribution in [-0.2, 0) is 0 Å². The van der Waals surface area contributed by atoms with Crippen LogP contribution in [-0.4, -0.2) is 11.2 Å². The molecule has 15 heavy (non-hydrogen) atoms. The fourth-order valence-electron chi connectivity index (χ4n) is 2.91. The normalized spacial score (nSPS) is 30.2. The number of hydrogen-bond acceptors (Lipinski definition) is 1. The molecule has 1 aliphatic carbocycles. The van der Waals surface area contributed by atoms with Crippen LogP contribution in [0.2, 0.25) is 0 Å². The number of rotatable bonds is 3. The van der Waals surface area contributed by atoms with E-state index in [1.807, 2.05) is 0 Å². The molecule has 0 spiro atoms. The van der Waals surface area contributed by atoms with Gasteiger partial charge in [-0.3, -0.25) is 0 Å². The van der Waals surface area contributed by atoms with Gasteiger partial charge in [-0.1, -0.05) is 53.4 Å². The van der Waals surface area contributed by atoms with Crippen molar-refractivity contribution in [2.45, 2.75) is 72.3 Å². The lowest BCUT2D eigenvalue weighted by atomic mass is 9.72. The van der Waals surface area contributed by atoms with Gasteiger partial charge >= 0.3 is 0 Å². The average molecular weight is 212 g/mol. The molecule has 1 rings (SSSR count). The molecule has 0 aromatic rings. The fourth-order valence-corrected chi connectivity index (χ4v) is 2.91. The summed E-state index contributed by atoms with van der Waals surface area (Å²) >= 11 is 0. The van der Waals surface area contributed by atoms with Crippen molar-refractivity contribution >= 4 is 0 Å². The highest BCUT2D eigenvalue weighted by Crippen LogP contribution is 2.37. The second kappa shape index (κ2) is 5.34. The van der Waals surface area contributed by atoms with Crippen molar-refractivity contribution in [1.82, 2.24) is 0 Å². The predicted octanol–water partition coefficient (Wildman–Crippen LogP) is 4.00. The first kappa shape index (κ1) is 13.0. The molecule has 0 aliphatic heterocycles. The third-order valence-electron chi connectivity index (χ3n) is 3.92. The van der Waals surface area contributed by atoms with E-state index in [-0.39, 0.29) is 11.5 Å². The van der Waals surface area contributed by atoms with Crippen molar-refractivity contribution < 1.29 is 5.11 Å². The first-order valence-corrected chi connectivity index (χ1v) is 6.63. The highest BCUT2D eigenvalue weighted by molar-refractivity contribution is 4.83. The molecule has 1 nitrogen and oxygen atoms in total. The quantitative estimate of drug-likeness (QED) is 0.749. The Morgan fingerprint density at radius 1 is 1.13 bits per heavy atom. The van der Waals surface area contributed by atoms with Crippen LogP contribution in [0.15, 0.2) is 0 Å². The van der Waals surface area contributed by atoms with E-state index in [9.17, 15) is 5.11 Å². The van der Waals surface area contributed by atoms with E-state index >= 15 is 0 Å². The van der Waals surface area contributed by atoms with Gasteiger partial charge in [-0.25, -0.2) is 0 Å². The van der Waals surface area contributed by atoms with E-state index < -0.39 is 0 Å². The van der Waals surface area contributed by atoms with Crippen LogP contribution in [0.4, 0.5) is 0 Å². The van der Waals surface area contributed by atoms with Gasteiger partial charge in [-0.2, -0.15) is 0 Å². The SMILES string of the molecule is CCCC1CCC(C(O)C(C)(C)C)CC1. The van der Waals surface area contributed by atoms with Crippen LogP contribution in [0.5, 0.6) is 0 Å². The zero-order valence-corrected chi connectivity index (χ0v) is 10.9. The summed E-state index contributed by atoms with van der Waals surface area (Å²) in [6, 6.07) is 0. The average Bonchev–Trinajstić information content (AvgIpc) is 2.17. The Balaban J connectivity index is 2.37. The van der Waals surface area contributed by atoms with E-state index in [4.69, 9.17) is 0 Å². The van der Waals surface area contributed by atoms with Crippen molar-refractivity contribution in [2.24, 2.45) is 17.3 Å². The smallest absolute Gasteiger partial charge is 0.0616 e. The minimum Gasteiger partial charge on any atom is -0.392 e. The summed E-state index contributed by atoms with van der Waals surface area (Å²) in [5.74, 6) is 1.50. The van der Waals surface area contributed by atoms with Gasteiger partial charge in [0.1, 0.15) is 0 Å². The molecule has 0 aromatic heterocycles. The number of aliphatic hydroxyl groups excluding tert-OH is 1. The van der Waals surface area contributed by atoms with Gasteiger partial charge in [0.05, 0.1) is 6.10 Å². The van der Waals surface area contributed by atoms with Crippen LogP contribution in [0.25, 0.3) is 0 Å². The highest BCUT2D eigenvalue weighted by atomic mass is 16.3. The summed E-state index contributed by atoms with van der Waals surface area (Å²) in [7, 11) is 0. The topological polar surface area (TPSA) is 20.2 Å². The molecule has 0 amide bonds. The van der Waals surface area contributed by atoms with E-state index in [0.717, 1.165) is 5.92 Å². The zero-order chi connectivity index (χ0) is 11.5. The second-order valence-electron chi connectivity index (χ2n) is 6.38. The summed E-state index contributed by atoms with van der Waals surface area (Å²) in [6.07, 6.45) is 7.75. The van der Waals surface area contributed by atoms with Gasteiger partial charge in [-0.05, 0) is 30.1 Å². The lowest BCUT2D eigenvalue weighted by molar-refractivity contribution is -0.00805. The molecule has 1 aliphatic rings. The van der Waals surface area contributed by atoms with Crippen LogP contribution in [0.3, 0.4) is 0 Å². The molecule has 1 atom stereocenters. The second-order valence-corrected chi connectivity index (χ2v) is 6.38. The monoisotopic (exact) mass is 212 g/mol. The van der Waals surface area contributed by atoms with Gasteiger partial charge in [0.15, 0.2) is 0 Å². The van der Waals surface area contributed by atoms with Crippen LogP contribution >= 0.6 is 0 Å². The maximum absolute atomic E-state index is 10.2. The van der Waals surface area contributed by atoms with Crippen LogP contribution in [0.1, 0.15) is 66.2 Å². The largest absolute Gasteiger partial charge is 0.392 e. The lowest BCUT2D eigenvalue weighted by Gasteiger charge is -2.37. The van der Waals surface area contributed by atoms with E-state index in [1.165, 1.54) is 38.5 Å². The first-order valence-electron chi connectivity index (χ1n) is 6.63. The van der Waals surface area contributed by atoms with Crippen molar-refractivity contribution in [1.29, 1.82) is 0 Å². The summed E-state index contributed by atoms with van der Waals surface area (Å²) in [4.78, 5) is 0. The molecule has 90 valence electrons. The Morgan fingerprint density at radius 2 is 1.67 bits per heavy atom. The van der Waals surface area contributed by atoms with Gasteiger partial charge in [0.25, 0.3) is 0 Å². The Hall–Kier alpha value is -0.0400. The van der Waals surface area contributed by atoms with E-state index in [2.05, 4.69) is 27.7 Å². The summed E-state index contributed by atoms with van der Waals surface area (Å²) in [5, 5.41) is 10.2. The van der Waals surface area contributed by atoms with Gasteiger partial charge in [0.2, 0.25) is 0 Å². The van der Waals surface area contributed by atoms with E-state index in [1.54, 1.807) is 0 Å². The Morgan fingerprint density at radius 3 is 2.07 bits per heavy atom. The van der Waals surface area contributed by atoms with Crippen molar-refractivity contribution in [2.75, 3.05) is 0 Å². The summed E-state index contributed by atoms with van der Waals surface area (Å²) in [6.45, 7) is 8.72. The third-order valence-corrected chi connectivity index (χ3v) is 3.92. The molecule has 1 saturated carbocycles. The molecule has 0 saturated heterocycles. The number of hydrogen-bond donors (Lipinski definition) is 1. The lowest BCUT2D eigenvalue weighted by Crippen LogP contribution is -2.36. The molecule has 1 N–H and O–H groups in total. The molecule has 0 aromatic carbocycles. The van der Waals surface area contributed by atoms with Gasteiger partial charge in [0, 0.05) is 0 Å². The van der Waals surface area contributed by atoms with Crippen molar-refractivity contribution in [3.8, 4) is 0 Å². The molecule has 1 fully saturated rings. The highest BCUT2D eigenvalue weighted by Gasteiger charge is 2.32.